The third kappa shape index (κ3) is 6.75. The minimum Gasteiger partial charge on any atom is -0.0870 e. The Hall–Kier alpha value is -1.30. The minimum atomic E-state index is 0.574. The van der Waals surface area contributed by atoms with E-state index >= 15 is 0 Å². The molecule has 1 aromatic rings. The molecular formula is C20H34. The van der Waals surface area contributed by atoms with Crippen molar-refractivity contribution in [3.63, 3.8) is 0 Å². The number of allylic oxidation sites excluding steroid dienone is 1. The monoisotopic (exact) mass is 274 g/mol. The van der Waals surface area contributed by atoms with Crippen LogP contribution in [0.4, 0.5) is 0 Å². The molecule has 0 aromatic heterocycles. The van der Waals surface area contributed by atoms with E-state index in [0.717, 1.165) is 0 Å². The van der Waals surface area contributed by atoms with E-state index in [9.17, 15) is 0 Å². The van der Waals surface area contributed by atoms with Crippen molar-refractivity contribution in [1.82, 2.24) is 0 Å². The third-order valence-electron chi connectivity index (χ3n) is 2.68. The van der Waals surface area contributed by atoms with Crippen LogP contribution in [-0.2, 0) is 0 Å². The fourth-order valence-corrected chi connectivity index (χ4v) is 1.92. The molecule has 1 rings (SSSR count). The number of benzene rings is 1. The highest BCUT2D eigenvalue weighted by atomic mass is 14.0. The standard InChI is InChI=1S/C16H22.2C2H6/c1-6-8-15-13(5)9-10-14(7-2)16(15)11-12(3)4;2*1-2/h6-12H,1-5H3;2*1-2H3/b8-6-,14-7-,16-11+;;. The van der Waals surface area contributed by atoms with Gasteiger partial charge in [0.05, 0.1) is 0 Å². The van der Waals surface area contributed by atoms with Gasteiger partial charge in [-0.05, 0) is 48.3 Å². The van der Waals surface area contributed by atoms with Gasteiger partial charge in [0.1, 0.15) is 0 Å². The Morgan fingerprint density at radius 3 is 1.90 bits per heavy atom. The summed E-state index contributed by atoms with van der Waals surface area (Å²) < 4.78 is 0. The summed E-state index contributed by atoms with van der Waals surface area (Å²) in [6, 6.07) is 4.40. The lowest BCUT2D eigenvalue weighted by Gasteiger charge is -2.05. The fourth-order valence-electron chi connectivity index (χ4n) is 1.92. The first kappa shape index (κ1) is 21.0. The van der Waals surface area contributed by atoms with Gasteiger partial charge in [-0.3, -0.25) is 0 Å². The molecule has 0 fully saturated rings. The van der Waals surface area contributed by atoms with Crippen molar-refractivity contribution in [2.75, 3.05) is 0 Å². The van der Waals surface area contributed by atoms with E-state index in [2.05, 4.69) is 71.1 Å². The van der Waals surface area contributed by atoms with Gasteiger partial charge in [-0.1, -0.05) is 78.0 Å². The Bertz CT molecular complexity index is 488. The second kappa shape index (κ2) is 12.7. The predicted octanol–water partition coefficient (Wildman–Crippen LogP) is 5.32. The van der Waals surface area contributed by atoms with Gasteiger partial charge in [0.2, 0.25) is 0 Å². The molecule has 0 saturated heterocycles. The average molecular weight is 274 g/mol. The summed E-state index contributed by atoms with van der Waals surface area (Å²) in [5.41, 5.74) is 2.70. The van der Waals surface area contributed by atoms with Gasteiger partial charge >= 0.3 is 0 Å². The Morgan fingerprint density at radius 2 is 1.50 bits per heavy atom. The summed E-state index contributed by atoms with van der Waals surface area (Å²) in [7, 11) is 0. The number of hydrogen-bond acceptors (Lipinski definition) is 0. The van der Waals surface area contributed by atoms with Crippen LogP contribution in [0.15, 0.2) is 18.2 Å². The molecular weight excluding hydrogens is 240 g/mol. The summed E-state index contributed by atoms with van der Waals surface area (Å²) >= 11 is 0. The van der Waals surface area contributed by atoms with Crippen LogP contribution in [0.5, 0.6) is 0 Å². The van der Waals surface area contributed by atoms with Crippen LogP contribution in [0.25, 0.3) is 18.2 Å². The van der Waals surface area contributed by atoms with Gasteiger partial charge in [0.15, 0.2) is 0 Å². The highest BCUT2D eigenvalue weighted by molar-refractivity contribution is 5.57. The molecule has 0 N–H and O–H groups in total. The van der Waals surface area contributed by atoms with Crippen molar-refractivity contribution in [1.29, 1.82) is 0 Å². The Kier molecular flexibility index (Phi) is 13.4. The van der Waals surface area contributed by atoms with Gasteiger partial charge in [0, 0.05) is 0 Å². The lowest BCUT2D eigenvalue weighted by molar-refractivity contribution is 0.880. The van der Waals surface area contributed by atoms with E-state index < -0.39 is 0 Å². The zero-order chi connectivity index (χ0) is 16.1. The predicted molar refractivity (Wildman–Crippen MR) is 97.3 cm³/mol. The maximum atomic E-state index is 2.34. The van der Waals surface area contributed by atoms with E-state index in [1.807, 2.05) is 27.7 Å². The van der Waals surface area contributed by atoms with Gasteiger partial charge in [0.25, 0.3) is 0 Å². The van der Waals surface area contributed by atoms with Crippen molar-refractivity contribution < 1.29 is 0 Å². The first-order valence-corrected chi connectivity index (χ1v) is 8.00. The number of hydrogen-bond donors (Lipinski definition) is 0. The highest BCUT2D eigenvalue weighted by Crippen LogP contribution is 2.03. The largest absolute Gasteiger partial charge is 0.0870 e. The third-order valence-corrected chi connectivity index (χ3v) is 2.68. The van der Waals surface area contributed by atoms with Crippen LogP contribution in [0.3, 0.4) is 0 Å². The fraction of sp³-hybridized carbons (Fsp3) is 0.500. The van der Waals surface area contributed by atoms with Gasteiger partial charge in [-0.2, -0.15) is 0 Å². The molecule has 0 heteroatoms. The molecule has 0 aliphatic carbocycles. The van der Waals surface area contributed by atoms with E-state index in [1.54, 1.807) is 0 Å². The second-order valence-corrected chi connectivity index (χ2v) is 4.50. The average Bonchev–Trinajstić information content (AvgIpc) is 2.47. The van der Waals surface area contributed by atoms with Crippen LogP contribution < -0.4 is 10.4 Å². The molecule has 0 atom stereocenters. The Morgan fingerprint density at radius 1 is 0.950 bits per heavy atom. The quantitative estimate of drug-likeness (QED) is 0.685. The highest BCUT2D eigenvalue weighted by Gasteiger charge is 1.98. The molecule has 0 bridgehead atoms. The van der Waals surface area contributed by atoms with E-state index in [0.29, 0.717) is 5.92 Å². The van der Waals surface area contributed by atoms with Crippen molar-refractivity contribution in [3.05, 3.63) is 39.8 Å². The molecule has 0 amide bonds. The molecule has 0 radical (unpaired) electrons. The second-order valence-electron chi connectivity index (χ2n) is 4.50. The van der Waals surface area contributed by atoms with E-state index in [4.69, 9.17) is 0 Å². The molecule has 114 valence electrons. The van der Waals surface area contributed by atoms with Crippen LogP contribution in [0.1, 0.15) is 66.5 Å². The summed E-state index contributed by atoms with van der Waals surface area (Å²) in [5.74, 6) is 0.574. The van der Waals surface area contributed by atoms with Gasteiger partial charge in [-0.25, -0.2) is 0 Å². The molecule has 0 saturated carbocycles. The summed E-state index contributed by atoms with van der Waals surface area (Å²) in [6.45, 7) is 18.8. The summed E-state index contributed by atoms with van der Waals surface area (Å²) in [6.07, 6.45) is 8.84. The zero-order valence-corrected chi connectivity index (χ0v) is 15.0. The maximum absolute atomic E-state index is 2.34. The van der Waals surface area contributed by atoms with E-state index in [1.165, 1.54) is 21.6 Å². The van der Waals surface area contributed by atoms with Crippen LogP contribution >= 0.6 is 0 Å². The zero-order valence-electron chi connectivity index (χ0n) is 15.0. The van der Waals surface area contributed by atoms with Gasteiger partial charge < -0.3 is 0 Å². The molecule has 1 aromatic carbocycles. The lowest BCUT2D eigenvalue weighted by Crippen LogP contribution is -2.28. The molecule has 0 spiro atoms. The van der Waals surface area contributed by atoms with Crippen molar-refractivity contribution in [2.45, 2.75) is 62.3 Å². The number of rotatable bonds is 2. The Balaban J connectivity index is 0. The molecule has 0 heterocycles. The number of aryl methyl sites for hydroxylation is 1. The SMILES string of the molecule is C/C=C\c1c(C)ccc(=C/C)/c1=C\C(C)C.CC.CC. The minimum absolute atomic E-state index is 0.574. The first-order valence-electron chi connectivity index (χ1n) is 8.00. The van der Waals surface area contributed by atoms with Crippen LogP contribution in [-0.4, -0.2) is 0 Å². The molecule has 0 aliphatic rings. The van der Waals surface area contributed by atoms with Crippen molar-refractivity contribution in [3.8, 4) is 0 Å². The van der Waals surface area contributed by atoms with Crippen molar-refractivity contribution >= 4 is 18.2 Å². The van der Waals surface area contributed by atoms with Crippen molar-refractivity contribution in [2.24, 2.45) is 5.92 Å². The lowest BCUT2D eigenvalue weighted by atomic mass is 10.0. The topological polar surface area (TPSA) is 0 Å². The normalized spacial score (nSPS) is 12.1. The summed E-state index contributed by atoms with van der Waals surface area (Å²) in [4.78, 5) is 0. The van der Waals surface area contributed by atoms with Gasteiger partial charge in [-0.15, -0.1) is 0 Å². The Labute approximate surface area is 126 Å². The van der Waals surface area contributed by atoms with Crippen LogP contribution in [0.2, 0.25) is 0 Å². The molecule has 0 aliphatic heterocycles. The van der Waals surface area contributed by atoms with E-state index in [-0.39, 0.29) is 0 Å². The smallest absolute Gasteiger partial charge is 0.0150 e. The van der Waals surface area contributed by atoms with Crippen LogP contribution in [0, 0.1) is 12.8 Å². The summed E-state index contributed by atoms with van der Waals surface area (Å²) in [5, 5.41) is 2.70. The molecule has 0 unspecified atom stereocenters. The molecule has 0 nitrogen and oxygen atoms in total. The molecule has 20 heavy (non-hydrogen) atoms. The first-order chi connectivity index (χ1) is 9.60. The maximum Gasteiger partial charge on any atom is -0.0150 e.